The lowest BCUT2D eigenvalue weighted by Crippen LogP contribution is -2.42. The van der Waals surface area contributed by atoms with Gasteiger partial charge in [0.25, 0.3) is 0 Å². The highest BCUT2D eigenvalue weighted by Gasteiger charge is 2.24. The maximum Gasteiger partial charge on any atom is 0.319 e. The van der Waals surface area contributed by atoms with Crippen LogP contribution in [0.25, 0.3) is 0 Å². The van der Waals surface area contributed by atoms with Crippen LogP contribution in [0.2, 0.25) is 0 Å². The topological polar surface area (TPSA) is 50.4 Å². The van der Waals surface area contributed by atoms with Crippen LogP contribution in [0.3, 0.4) is 0 Å². The van der Waals surface area contributed by atoms with Gasteiger partial charge in [-0.25, -0.2) is 9.18 Å². The summed E-state index contributed by atoms with van der Waals surface area (Å²) in [6.07, 6.45) is 3.56. The maximum atomic E-state index is 13.0. The van der Waals surface area contributed by atoms with E-state index in [0.29, 0.717) is 17.6 Å². The van der Waals surface area contributed by atoms with Gasteiger partial charge in [0.1, 0.15) is 11.6 Å². The number of para-hydroxylation sites is 1. The molecule has 1 aliphatic carbocycles. The molecule has 3 rings (SSSR count). The van der Waals surface area contributed by atoms with Crippen LogP contribution in [0.1, 0.15) is 76.3 Å². The van der Waals surface area contributed by atoms with Gasteiger partial charge in [-0.3, -0.25) is 0 Å². The van der Waals surface area contributed by atoms with Crippen LogP contribution >= 0.6 is 0 Å². The molecule has 30 heavy (non-hydrogen) atoms. The Labute approximate surface area is 179 Å². The van der Waals surface area contributed by atoms with Gasteiger partial charge in [0.15, 0.2) is 0 Å². The van der Waals surface area contributed by atoms with E-state index in [2.05, 4.69) is 56.5 Å². The van der Waals surface area contributed by atoms with Gasteiger partial charge < -0.3 is 15.4 Å². The number of carbonyl (C=O) groups excluding carboxylic acids is 1. The summed E-state index contributed by atoms with van der Waals surface area (Å²) in [4.78, 5) is 12.7. The Morgan fingerprint density at radius 1 is 0.933 bits per heavy atom. The number of ether oxygens (including phenoxy) is 1. The quantitative estimate of drug-likeness (QED) is 0.563. The van der Waals surface area contributed by atoms with Crippen molar-refractivity contribution in [1.82, 2.24) is 5.32 Å². The van der Waals surface area contributed by atoms with E-state index in [1.165, 1.54) is 12.1 Å². The zero-order valence-electron chi connectivity index (χ0n) is 18.4. The lowest BCUT2D eigenvalue weighted by atomic mass is 9.92. The second-order valence-corrected chi connectivity index (χ2v) is 8.76. The van der Waals surface area contributed by atoms with Crippen LogP contribution in [0.5, 0.6) is 5.75 Å². The number of amides is 2. The predicted molar refractivity (Wildman–Crippen MR) is 120 cm³/mol. The number of urea groups is 1. The average molecular weight is 413 g/mol. The molecule has 0 radical (unpaired) electrons. The third kappa shape index (κ3) is 5.74. The van der Waals surface area contributed by atoms with Crippen LogP contribution in [-0.4, -0.2) is 18.2 Å². The number of anilines is 1. The Hall–Kier alpha value is -2.56. The van der Waals surface area contributed by atoms with Crippen molar-refractivity contribution in [2.24, 2.45) is 0 Å². The van der Waals surface area contributed by atoms with Crippen LogP contribution in [0.4, 0.5) is 14.9 Å². The molecule has 0 atom stereocenters. The standard InChI is InChI=1S/C25H33FN2O2/c1-16(2)22-6-5-7-23(17(3)4)24(22)28-25(29)27-19-10-14-21(15-11-19)30-20-12-8-18(26)9-13-20/h5-9,12-13,16-17,19,21H,10-11,14-15H2,1-4H3,(H2,27,28,29). The van der Waals surface area contributed by atoms with Gasteiger partial charge in [0, 0.05) is 11.7 Å². The molecule has 2 amide bonds. The molecule has 2 N–H and O–H groups in total. The molecule has 0 heterocycles. The summed E-state index contributed by atoms with van der Waals surface area (Å²) in [5.41, 5.74) is 3.26. The fraction of sp³-hybridized carbons (Fsp3) is 0.480. The number of carbonyl (C=O) groups is 1. The van der Waals surface area contributed by atoms with Crippen LogP contribution in [-0.2, 0) is 0 Å². The fourth-order valence-corrected chi connectivity index (χ4v) is 4.06. The first kappa shape index (κ1) is 22.1. The third-order valence-corrected chi connectivity index (χ3v) is 5.74. The summed E-state index contributed by atoms with van der Waals surface area (Å²) in [5, 5.41) is 6.26. The van der Waals surface area contributed by atoms with Crippen LogP contribution < -0.4 is 15.4 Å². The monoisotopic (exact) mass is 412 g/mol. The van der Waals surface area contributed by atoms with Crippen molar-refractivity contribution >= 4 is 11.7 Å². The molecular weight excluding hydrogens is 379 g/mol. The summed E-state index contributed by atoms with van der Waals surface area (Å²) in [6.45, 7) is 8.58. The highest BCUT2D eigenvalue weighted by molar-refractivity contribution is 5.91. The lowest BCUT2D eigenvalue weighted by Gasteiger charge is -2.30. The molecule has 0 saturated heterocycles. The molecule has 0 unspecified atom stereocenters. The number of halogens is 1. The molecule has 1 fully saturated rings. The molecule has 0 aromatic heterocycles. The van der Waals surface area contributed by atoms with E-state index in [0.717, 1.165) is 42.5 Å². The molecule has 2 aromatic carbocycles. The molecule has 4 nitrogen and oxygen atoms in total. The number of benzene rings is 2. The predicted octanol–water partition coefficient (Wildman–Crippen LogP) is 6.58. The van der Waals surface area contributed by atoms with Crippen molar-refractivity contribution in [1.29, 1.82) is 0 Å². The average Bonchev–Trinajstić information content (AvgIpc) is 2.71. The fourth-order valence-electron chi connectivity index (χ4n) is 4.06. The Bertz CT molecular complexity index is 814. The second kappa shape index (κ2) is 9.96. The van der Waals surface area contributed by atoms with Gasteiger partial charge >= 0.3 is 6.03 Å². The largest absolute Gasteiger partial charge is 0.490 e. The van der Waals surface area contributed by atoms with E-state index >= 15 is 0 Å². The summed E-state index contributed by atoms with van der Waals surface area (Å²) in [5.74, 6) is 1.09. The molecule has 2 aromatic rings. The van der Waals surface area contributed by atoms with E-state index in [1.807, 2.05) is 0 Å². The minimum Gasteiger partial charge on any atom is -0.490 e. The minimum atomic E-state index is -0.263. The summed E-state index contributed by atoms with van der Waals surface area (Å²) in [7, 11) is 0. The van der Waals surface area contributed by atoms with Gasteiger partial charge in [-0.2, -0.15) is 0 Å². The molecule has 162 valence electrons. The Morgan fingerprint density at radius 3 is 2.03 bits per heavy atom. The first-order valence-corrected chi connectivity index (χ1v) is 11.0. The van der Waals surface area contributed by atoms with Crippen LogP contribution in [0.15, 0.2) is 42.5 Å². The molecule has 0 spiro atoms. The van der Waals surface area contributed by atoms with Gasteiger partial charge in [0.05, 0.1) is 6.10 Å². The zero-order valence-corrected chi connectivity index (χ0v) is 18.4. The third-order valence-electron chi connectivity index (χ3n) is 5.74. The van der Waals surface area contributed by atoms with E-state index in [-0.39, 0.29) is 24.0 Å². The first-order chi connectivity index (χ1) is 14.3. The first-order valence-electron chi connectivity index (χ1n) is 11.0. The van der Waals surface area contributed by atoms with E-state index in [9.17, 15) is 9.18 Å². The highest BCUT2D eigenvalue weighted by Crippen LogP contribution is 2.32. The van der Waals surface area contributed by atoms with Crippen molar-refractivity contribution < 1.29 is 13.9 Å². The maximum absolute atomic E-state index is 13.0. The van der Waals surface area contributed by atoms with Crippen LogP contribution in [0, 0.1) is 5.82 Å². The van der Waals surface area contributed by atoms with Crippen molar-refractivity contribution in [2.45, 2.75) is 77.4 Å². The molecule has 0 aliphatic heterocycles. The van der Waals surface area contributed by atoms with Crippen molar-refractivity contribution in [3.8, 4) is 5.75 Å². The normalized spacial score (nSPS) is 19.0. The van der Waals surface area contributed by atoms with Gasteiger partial charge in [-0.05, 0) is 72.9 Å². The minimum absolute atomic E-state index is 0.103. The Kier molecular flexibility index (Phi) is 7.35. The van der Waals surface area contributed by atoms with Crippen molar-refractivity contribution in [2.75, 3.05) is 5.32 Å². The zero-order chi connectivity index (χ0) is 21.7. The number of nitrogens with one attached hydrogen (secondary N) is 2. The lowest BCUT2D eigenvalue weighted by molar-refractivity contribution is 0.141. The summed E-state index contributed by atoms with van der Waals surface area (Å²) < 4.78 is 19.0. The summed E-state index contributed by atoms with van der Waals surface area (Å²) >= 11 is 0. The van der Waals surface area contributed by atoms with Crippen molar-refractivity contribution in [3.05, 3.63) is 59.4 Å². The number of rotatable bonds is 6. The van der Waals surface area contributed by atoms with Gasteiger partial charge in [-0.15, -0.1) is 0 Å². The van der Waals surface area contributed by atoms with Gasteiger partial charge in [0.2, 0.25) is 0 Å². The second-order valence-electron chi connectivity index (χ2n) is 8.76. The van der Waals surface area contributed by atoms with Crippen molar-refractivity contribution in [3.63, 3.8) is 0 Å². The molecule has 5 heteroatoms. The van der Waals surface area contributed by atoms with Gasteiger partial charge in [-0.1, -0.05) is 45.9 Å². The molecule has 1 saturated carbocycles. The molecule has 0 bridgehead atoms. The Morgan fingerprint density at radius 2 is 1.50 bits per heavy atom. The van der Waals surface area contributed by atoms with E-state index < -0.39 is 0 Å². The number of hydrogen-bond acceptors (Lipinski definition) is 2. The molecule has 1 aliphatic rings. The van der Waals surface area contributed by atoms with E-state index in [4.69, 9.17) is 4.74 Å². The molecular formula is C25H33FN2O2. The SMILES string of the molecule is CC(C)c1cccc(C(C)C)c1NC(=O)NC1CCC(Oc2ccc(F)cc2)CC1. The summed E-state index contributed by atoms with van der Waals surface area (Å²) in [6, 6.07) is 12.4. The number of hydrogen-bond donors (Lipinski definition) is 2. The van der Waals surface area contributed by atoms with E-state index in [1.54, 1.807) is 12.1 Å². The Balaban J connectivity index is 1.55. The smallest absolute Gasteiger partial charge is 0.319 e. The highest BCUT2D eigenvalue weighted by atomic mass is 19.1.